The number of nitrogens with zero attached hydrogens (tertiary/aromatic N) is 3. The third kappa shape index (κ3) is 2.79. The van der Waals surface area contributed by atoms with Crippen LogP contribution >= 0.6 is 0 Å². The molecule has 42 heavy (non-hydrogen) atoms. The summed E-state index contributed by atoms with van der Waals surface area (Å²) in [5.41, 5.74) is 3.56. The van der Waals surface area contributed by atoms with E-state index in [1.807, 2.05) is 78.9 Å². The van der Waals surface area contributed by atoms with E-state index in [1.54, 1.807) is 6.21 Å². The number of rotatable bonds is 4. The maximum atomic E-state index is 14.4. The van der Waals surface area contributed by atoms with E-state index in [4.69, 9.17) is 0 Å². The maximum absolute atomic E-state index is 14.4. The van der Waals surface area contributed by atoms with E-state index < -0.39 is 17.3 Å². The van der Waals surface area contributed by atoms with Crippen molar-refractivity contribution in [3.63, 3.8) is 0 Å². The van der Waals surface area contributed by atoms with Gasteiger partial charge in [-0.05, 0) is 46.1 Å². The van der Waals surface area contributed by atoms with Crippen LogP contribution in [-0.2, 0) is 31.1 Å². The number of carbonyl (C=O) groups is 4. The number of imide groups is 2. The lowest BCUT2D eigenvalue weighted by Gasteiger charge is -2.52. The lowest BCUT2D eigenvalue weighted by atomic mass is 9.47. The molecule has 2 aliphatic heterocycles. The Morgan fingerprint density at radius 2 is 1.26 bits per heavy atom. The minimum absolute atomic E-state index is 0.0753. The molecular formula is C35H27N3O4. The van der Waals surface area contributed by atoms with Crippen molar-refractivity contribution in [1.82, 2.24) is 9.91 Å². The highest BCUT2D eigenvalue weighted by atomic mass is 16.2. The normalized spacial score (nSPS) is 34.9. The molecule has 3 fully saturated rings. The molecule has 7 nitrogen and oxygen atoms in total. The van der Waals surface area contributed by atoms with Crippen LogP contribution in [0.25, 0.3) is 0 Å². The van der Waals surface area contributed by atoms with Gasteiger partial charge in [-0.2, -0.15) is 10.1 Å². The predicted molar refractivity (Wildman–Crippen MR) is 153 cm³/mol. The molecule has 0 spiro atoms. The van der Waals surface area contributed by atoms with Crippen molar-refractivity contribution < 1.29 is 19.2 Å². The van der Waals surface area contributed by atoms with Crippen molar-refractivity contribution in [1.29, 1.82) is 0 Å². The number of hydrogen-bond acceptors (Lipinski definition) is 5. The molecule has 0 unspecified atom stereocenters. The number of amides is 4. The van der Waals surface area contributed by atoms with Crippen LogP contribution in [0.5, 0.6) is 0 Å². The zero-order valence-corrected chi connectivity index (χ0v) is 22.7. The molecule has 3 aromatic rings. The van der Waals surface area contributed by atoms with Crippen LogP contribution < -0.4 is 0 Å². The van der Waals surface area contributed by atoms with E-state index in [9.17, 15) is 19.2 Å². The molecule has 0 aromatic heterocycles. The highest BCUT2D eigenvalue weighted by Crippen LogP contribution is 2.63. The Morgan fingerprint density at radius 1 is 0.690 bits per heavy atom. The summed E-state index contributed by atoms with van der Waals surface area (Å²) in [4.78, 5) is 57.2. The minimum atomic E-state index is -1.11. The number of hydrogen-bond donors (Lipinski definition) is 0. The Morgan fingerprint density at radius 3 is 1.88 bits per heavy atom. The number of fused-ring (bicyclic) bond motifs is 5. The van der Waals surface area contributed by atoms with Crippen molar-refractivity contribution in [2.75, 3.05) is 0 Å². The molecule has 10 rings (SSSR count). The molecule has 0 radical (unpaired) electrons. The first-order chi connectivity index (χ1) is 20.5. The van der Waals surface area contributed by atoms with Gasteiger partial charge in [0.15, 0.2) is 0 Å². The number of benzene rings is 3. The fraction of sp³-hybridized carbons (Fsp3) is 0.286. The molecule has 5 aliphatic carbocycles. The average molecular weight is 554 g/mol. The third-order valence-electron chi connectivity index (χ3n) is 10.8. The molecule has 4 amide bonds. The minimum Gasteiger partial charge on any atom is -0.278 e. The summed E-state index contributed by atoms with van der Waals surface area (Å²) in [6.45, 7) is 0.195. The summed E-state index contributed by atoms with van der Waals surface area (Å²) in [5.74, 6) is -3.17. The number of hydrazone groups is 1. The van der Waals surface area contributed by atoms with Gasteiger partial charge in [-0.15, -0.1) is 0 Å². The first-order valence-corrected chi connectivity index (χ1v) is 14.7. The van der Waals surface area contributed by atoms with Gasteiger partial charge in [-0.25, -0.2) is 0 Å². The van der Waals surface area contributed by atoms with Crippen LogP contribution in [0.1, 0.15) is 40.2 Å². The topological polar surface area (TPSA) is 87.1 Å². The number of allylic oxidation sites excluding steroid dienone is 2. The van der Waals surface area contributed by atoms with Gasteiger partial charge in [-0.3, -0.25) is 24.1 Å². The number of carbonyl (C=O) groups excluding carboxylic acids is 4. The molecule has 4 bridgehead atoms. The third-order valence-corrected chi connectivity index (χ3v) is 10.8. The van der Waals surface area contributed by atoms with Crippen molar-refractivity contribution in [2.24, 2.45) is 40.6 Å². The van der Waals surface area contributed by atoms with Crippen LogP contribution in [0.3, 0.4) is 0 Å². The molecule has 0 N–H and O–H groups in total. The van der Waals surface area contributed by atoms with Gasteiger partial charge in [0.05, 0.1) is 35.6 Å². The SMILES string of the molecule is O=C1[C@@H]2C3c4ccccc4C(/C=N\N4C(=O)[C@H]5[C@H](C4=O)[C@H]4C=C[C@H]5C4)(c4ccccc43)[C@@H]2C(=O)N1Cc1ccccc1. The van der Waals surface area contributed by atoms with E-state index in [0.29, 0.717) is 0 Å². The van der Waals surface area contributed by atoms with E-state index in [1.165, 1.54) is 4.90 Å². The molecule has 206 valence electrons. The fourth-order valence-corrected chi connectivity index (χ4v) is 9.18. The van der Waals surface area contributed by atoms with E-state index in [2.05, 4.69) is 17.3 Å². The Bertz CT molecular complexity index is 1720. The first kappa shape index (κ1) is 24.0. The highest BCUT2D eigenvalue weighted by molar-refractivity contribution is 6.12. The van der Waals surface area contributed by atoms with E-state index in [0.717, 1.165) is 39.2 Å². The molecule has 1 saturated carbocycles. The van der Waals surface area contributed by atoms with Crippen molar-refractivity contribution >= 4 is 29.8 Å². The van der Waals surface area contributed by atoms with Crippen LogP contribution in [0.2, 0.25) is 0 Å². The molecule has 2 saturated heterocycles. The second-order valence-corrected chi connectivity index (χ2v) is 12.5. The fourth-order valence-electron chi connectivity index (χ4n) is 9.18. The van der Waals surface area contributed by atoms with Gasteiger partial charge >= 0.3 is 0 Å². The Hall–Kier alpha value is -4.65. The largest absolute Gasteiger partial charge is 0.278 e. The summed E-state index contributed by atoms with van der Waals surface area (Å²) < 4.78 is 0. The Balaban J connectivity index is 1.21. The second kappa shape index (κ2) is 8.22. The van der Waals surface area contributed by atoms with Crippen LogP contribution in [0, 0.1) is 35.5 Å². The van der Waals surface area contributed by atoms with Crippen molar-refractivity contribution in [2.45, 2.75) is 24.3 Å². The predicted octanol–water partition coefficient (Wildman–Crippen LogP) is 4.03. The lowest BCUT2D eigenvalue weighted by molar-refractivity contribution is -0.142. The van der Waals surface area contributed by atoms with E-state index >= 15 is 0 Å². The van der Waals surface area contributed by atoms with Crippen molar-refractivity contribution in [3.05, 3.63) is 119 Å². The molecule has 6 atom stereocenters. The highest BCUT2D eigenvalue weighted by Gasteiger charge is 2.68. The average Bonchev–Trinajstić information content (AvgIpc) is 3.77. The second-order valence-electron chi connectivity index (χ2n) is 12.5. The van der Waals surface area contributed by atoms with Gasteiger partial charge in [0.1, 0.15) is 0 Å². The molecule has 3 aromatic carbocycles. The zero-order valence-electron chi connectivity index (χ0n) is 22.7. The smallest absolute Gasteiger partial charge is 0.254 e. The summed E-state index contributed by atoms with van der Waals surface area (Å²) >= 11 is 0. The van der Waals surface area contributed by atoms with E-state index in [-0.39, 0.29) is 59.8 Å². The van der Waals surface area contributed by atoms with Gasteiger partial charge in [-0.1, -0.05) is 91.0 Å². The van der Waals surface area contributed by atoms with Gasteiger partial charge in [0.25, 0.3) is 11.8 Å². The van der Waals surface area contributed by atoms with Crippen LogP contribution in [0.15, 0.2) is 96.1 Å². The monoisotopic (exact) mass is 553 g/mol. The van der Waals surface area contributed by atoms with Gasteiger partial charge in [0.2, 0.25) is 11.8 Å². The maximum Gasteiger partial charge on any atom is 0.254 e. The van der Waals surface area contributed by atoms with Gasteiger partial charge in [0, 0.05) is 12.1 Å². The summed E-state index contributed by atoms with van der Waals surface area (Å²) in [6.07, 6.45) is 6.62. The Kier molecular flexibility index (Phi) is 4.69. The first-order valence-electron chi connectivity index (χ1n) is 14.7. The summed E-state index contributed by atoms with van der Waals surface area (Å²) in [7, 11) is 0. The summed E-state index contributed by atoms with van der Waals surface area (Å²) in [6, 6.07) is 25.4. The summed E-state index contributed by atoms with van der Waals surface area (Å²) in [5, 5.41) is 5.74. The molecular weight excluding hydrogens is 526 g/mol. The van der Waals surface area contributed by atoms with Crippen LogP contribution in [-0.4, -0.2) is 39.8 Å². The van der Waals surface area contributed by atoms with Gasteiger partial charge < -0.3 is 0 Å². The Labute approximate surface area is 242 Å². The van der Waals surface area contributed by atoms with Crippen LogP contribution in [0.4, 0.5) is 0 Å². The molecule has 7 heteroatoms. The lowest BCUT2D eigenvalue weighted by Crippen LogP contribution is -2.55. The molecule has 2 heterocycles. The standard InChI is InChI=1S/C35H27N3O4/c39-31-29-28-22-10-4-6-12-24(22)35(25-13-7-5-11-23(25)28,30(29)34(42)37(31)17-19-8-2-1-3-9-19)18-36-38-32(40)26-20-14-15-21(16-20)27(26)33(38)41/h1-15,18,20-21,26-30H,16-17H2/b36-18-/t20-,21-,26+,27+,28?,29+,30-,35?/m0/s1. The molecule has 7 aliphatic rings. The zero-order chi connectivity index (χ0) is 28.3. The quantitative estimate of drug-likeness (QED) is 0.277. The number of likely N-dealkylation sites (tertiary alicyclic amines) is 1. The van der Waals surface area contributed by atoms with Crippen molar-refractivity contribution in [3.8, 4) is 0 Å².